The highest BCUT2D eigenvalue weighted by Gasteiger charge is 2.19. The fraction of sp³-hybridized carbons (Fsp3) is 0.286. The maximum atomic E-state index is 12.2. The lowest BCUT2D eigenvalue weighted by molar-refractivity contribution is -0.136. The van der Waals surface area contributed by atoms with Crippen LogP contribution in [0.4, 0.5) is 11.4 Å². The van der Waals surface area contributed by atoms with Crippen molar-refractivity contribution in [3.63, 3.8) is 0 Å². The molecule has 8 heteroatoms. The van der Waals surface area contributed by atoms with E-state index in [0.717, 1.165) is 11.3 Å². The Morgan fingerprint density at radius 2 is 1.48 bits per heavy atom. The number of nitrogens with two attached hydrogens (primary N) is 1. The van der Waals surface area contributed by atoms with Crippen LogP contribution >= 0.6 is 0 Å². The van der Waals surface area contributed by atoms with Crippen molar-refractivity contribution < 1.29 is 14.4 Å². The molecular weight excluding hydrogens is 370 g/mol. The van der Waals surface area contributed by atoms with E-state index in [1.165, 1.54) is 24.3 Å². The van der Waals surface area contributed by atoms with Gasteiger partial charge in [0.25, 0.3) is 0 Å². The number of likely N-dealkylation sites (N-methyl/N-ethyl adjacent to an activating group) is 1. The molecule has 4 N–H and O–H groups in total. The van der Waals surface area contributed by atoms with Gasteiger partial charge in [0.05, 0.1) is 6.04 Å². The molecule has 0 aliphatic carbocycles. The minimum absolute atomic E-state index is 0.0854. The third-order valence-corrected chi connectivity index (χ3v) is 4.51. The van der Waals surface area contributed by atoms with E-state index < -0.39 is 17.7 Å². The van der Waals surface area contributed by atoms with Crippen LogP contribution in [0, 0.1) is 0 Å². The SMILES string of the molecule is CN(C)c1ccc(C(CNC(=O)C(=O)Nc2ccc(C(N)=O)cc2)N(C)C)cc1. The Balaban J connectivity index is 1.97. The average molecular weight is 397 g/mol. The van der Waals surface area contributed by atoms with Crippen molar-refractivity contribution in [1.29, 1.82) is 0 Å². The van der Waals surface area contributed by atoms with Gasteiger partial charge < -0.3 is 26.2 Å². The highest BCUT2D eigenvalue weighted by molar-refractivity contribution is 6.39. The van der Waals surface area contributed by atoms with E-state index in [1.54, 1.807) is 0 Å². The fourth-order valence-corrected chi connectivity index (χ4v) is 2.77. The van der Waals surface area contributed by atoms with Crippen LogP contribution in [0.1, 0.15) is 22.0 Å². The molecule has 0 saturated carbocycles. The molecule has 0 fully saturated rings. The largest absolute Gasteiger partial charge is 0.378 e. The van der Waals surface area contributed by atoms with Crippen LogP contribution in [0.3, 0.4) is 0 Å². The quantitative estimate of drug-likeness (QED) is 0.609. The predicted molar refractivity (Wildman–Crippen MR) is 114 cm³/mol. The lowest BCUT2D eigenvalue weighted by Crippen LogP contribution is -2.40. The van der Waals surface area contributed by atoms with Crippen molar-refractivity contribution in [2.45, 2.75) is 6.04 Å². The van der Waals surface area contributed by atoms with Gasteiger partial charge in [-0.3, -0.25) is 14.4 Å². The van der Waals surface area contributed by atoms with E-state index in [1.807, 2.05) is 62.3 Å². The molecule has 0 aliphatic heterocycles. The average Bonchev–Trinajstić information content (AvgIpc) is 2.68. The van der Waals surface area contributed by atoms with E-state index >= 15 is 0 Å². The van der Waals surface area contributed by atoms with Crippen LogP contribution < -0.4 is 21.3 Å². The van der Waals surface area contributed by atoms with Crippen LogP contribution in [-0.2, 0) is 9.59 Å². The first-order chi connectivity index (χ1) is 13.7. The second-order valence-corrected chi connectivity index (χ2v) is 7.07. The summed E-state index contributed by atoms with van der Waals surface area (Å²) >= 11 is 0. The van der Waals surface area contributed by atoms with Gasteiger partial charge >= 0.3 is 11.8 Å². The Morgan fingerprint density at radius 3 is 1.97 bits per heavy atom. The Hall–Kier alpha value is -3.39. The van der Waals surface area contributed by atoms with Crippen LogP contribution in [0.5, 0.6) is 0 Å². The maximum Gasteiger partial charge on any atom is 0.313 e. The maximum absolute atomic E-state index is 12.2. The molecule has 0 bridgehead atoms. The minimum atomic E-state index is -0.780. The number of rotatable bonds is 7. The molecule has 0 spiro atoms. The fourth-order valence-electron chi connectivity index (χ4n) is 2.77. The molecule has 0 radical (unpaired) electrons. The zero-order chi connectivity index (χ0) is 21.6. The summed E-state index contributed by atoms with van der Waals surface area (Å²) < 4.78 is 0. The lowest BCUT2D eigenvalue weighted by atomic mass is 10.1. The summed E-state index contributed by atoms with van der Waals surface area (Å²) in [6, 6.07) is 13.9. The smallest absolute Gasteiger partial charge is 0.313 e. The molecule has 2 aromatic carbocycles. The minimum Gasteiger partial charge on any atom is -0.378 e. The highest BCUT2D eigenvalue weighted by Crippen LogP contribution is 2.21. The first kappa shape index (κ1) is 21.9. The molecular formula is C21H27N5O3. The standard InChI is InChI=1S/C21H27N5O3/c1-25(2)17-11-7-14(8-12-17)18(26(3)4)13-23-20(28)21(29)24-16-9-5-15(6-10-16)19(22)27/h5-12,18H,13H2,1-4H3,(H2,22,27)(H,23,28)(H,24,29). The van der Waals surface area contributed by atoms with Gasteiger partial charge in [0.2, 0.25) is 5.91 Å². The molecule has 2 rings (SSSR count). The van der Waals surface area contributed by atoms with Gasteiger partial charge in [-0.1, -0.05) is 12.1 Å². The van der Waals surface area contributed by atoms with Crippen molar-refractivity contribution in [3.05, 3.63) is 59.7 Å². The van der Waals surface area contributed by atoms with E-state index in [9.17, 15) is 14.4 Å². The molecule has 0 aliphatic rings. The number of nitrogens with zero attached hydrogens (tertiary/aromatic N) is 2. The topological polar surface area (TPSA) is 108 Å². The van der Waals surface area contributed by atoms with Crippen LogP contribution in [0.2, 0.25) is 0 Å². The number of amides is 3. The molecule has 1 atom stereocenters. The Bertz CT molecular complexity index is 861. The summed E-state index contributed by atoms with van der Waals surface area (Å²) in [7, 11) is 7.77. The molecule has 2 aromatic rings. The van der Waals surface area contributed by atoms with Gasteiger partial charge in [0, 0.05) is 37.6 Å². The number of benzene rings is 2. The van der Waals surface area contributed by atoms with Crippen molar-refractivity contribution in [2.75, 3.05) is 45.0 Å². The van der Waals surface area contributed by atoms with Crippen molar-refractivity contribution >= 4 is 29.1 Å². The molecule has 1 unspecified atom stereocenters. The van der Waals surface area contributed by atoms with Crippen molar-refractivity contribution in [1.82, 2.24) is 10.2 Å². The summed E-state index contributed by atoms with van der Waals surface area (Å²) in [5, 5.41) is 5.17. The number of anilines is 2. The summed E-state index contributed by atoms with van der Waals surface area (Å²) in [5.41, 5.74) is 8.01. The monoisotopic (exact) mass is 397 g/mol. The molecule has 3 amide bonds. The first-order valence-electron chi connectivity index (χ1n) is 9.11. The van der Waals surface area contributed by atoms with Gasteiger partial charge in [-0.25, -0.2) is 0 Å². The summed E-state index contributed by atoms with van der Waals surface area (Å²) in [5.74, 6) is -2.08. The summed E-state index contributed by atoms with van der Waals surface area (Å²) in [6.45, 7) is 0.279. The Morgan fingerprint density at radius 1 is 0.897 bits per heavy atom. The van der Waals surface area contributed by atoms with Crippen LogP contribution in [0.15, 0.2) is 48.5 Å². The van der Waals surface area contributed by atoms with Gasteiger partial charge in [-0.05, 0) is 56.1 Å². The Labute approximate surface area is 170 Å². The van der Waals surface area contributed by atoms with E-state index in [0.29, 0.717) is 11.3 Å². The molecule has 0 heterocycles. The van der Waals surface area contributed by atoms with Gasteiger partial charge in [0.15, 0.2) is 0 Å². The zero-order valence-electron chi connectivity index (χ0n) is 17.1. The van der Waals surface area contributed by atoms with Gasteiger partial charge in [-0.2, -0.15) is 0 Å². The van der Waals surface area contributed by atoms with E-state index in [-0.39, 0.29) is 12.6 Å². The van der Waals surface area contributed by atoms with Crippen molar-refractivity contribution in [2.24, 2.45) is 5.73 Å². The van der Waals surface area contributed by atoms with E-state index in [2.05, 4.69) is 10.6 Å². The number of hydrogen-bond acceptors (Lipinski definition) is 5. The molecule has 154 valence electrons. The molecule has 8 nitrogen and oxygen atoms in total. The van der Waals surface area contributed by atoms with Crippen LogP contribution in [0.25, 0.3) is 0 Å². The zero-order valence-corrected chi connectivity index (χ0v) is 17.1. The van der Waals surface area contributed by atoms with Crippen LogP contribution in [-0.4, -0.2) is 57.4 Å². The second kappa shape index (κ2) is 9.70. The number of hydrogen-bond donors (Lipinski definition) is 3. The third-order valence-electron chi connectivity index (χ3n) is 4.51. The van der Waals surface area contributed by atoms with E-state index in [4.69, 9.17) is 5.73 Å². The third kappa shape index (κ3) is 6.05. The van der Waals surface area contributed by atoms with Gasteiger partial charge in [0.1, 0.15) is 0 Å². The number of carbonyl (C=O) groups is 3. The molecule has 0 saturated heterocycles. The predicted octanol–water partition coefficient (Wildman–Crippen LogP) is 1.21. The van der Waals surface area contributed by atoms with Crippen molar-refractivity contribution in [3.8, 4) is 0 Å². The molecule has 0 aromatic heterocycles. The first-order valence-corrected chi connectivity index (χ1v) is 9.11. The summed E-state index contributed by atoms with van der Waals surface area (Å²) in [4.78, 5) is 39.4. The normalized spacial score (nSPS) is 11.6. The number of primary amides is 1. The lowest BCUT2D eigenvalue weighted by Gasteiger charge is -2.25. The molecule has 29 heavy (non-hydrogen) atoms. The number of carbonyl (C=O) groups excluding carboxylic acids is 3. The Kier molecular flexibility index (Phi) is 7.33. The highest BCUT2D eigenvalue weighted by atomic mass is 16.2. The summed E-state index contributed by atoms with van der Waals surface area (Å²) in [6.07, 6.45) is 0. The number of nitrogens with one attached hydrogen (secondary N) is 2. The van der Waals surface area contributed by atoms with Gasteiger partial charge in [-0.15, -0.1) is 0 Å². The second-order valence-electron chi connectivity index (χ2n) is 7.07.